The molecule has 2 aromatic rings. The minimum atomic E-state index is -0.512. The molecular formula is C18H12BrFO2. The summed E-state index contributed by atoms with van der Waals surface area (Å²) < 4.78 is 14.4. The second-order valence-electron chi connectivity index (χ2n) is 5.25. The molecule has 4 heteroatoms. The summed E-state index contributed by atoms with van der Waals surface area (Å²) >= 11 is 3.36. The zero-order valence-corrected chi connectivity index (χ0v) is 13.4. The van der Waals surface area contributed by atoms with Crippen molar-refractivity contribution in [2.45, 2.75) is 13.3 Å². The number of hydrogen-bond acceptors (Lipinski definition) is 2. The van der Waals surface area contributed by atoms with Gasteiger partial charge in [-0.15, -0.1) is 0 Å². The van der Waals surface area contributed by atoms with Crippen molar-refractivity contribution >= 4 is 27.5 Å². The standard InChI is InChI=1S/C18H12BrFO2/c1-10-15(8-11-2-4-12(19)5-3-11)18(22)16-9-13(20)6-7-14(16)17(10)21/h2-7,9H,8H2,1H3. The highest BCUT2D eigenvalue weighted by Gasteiger charge is 2.30. The molecule has 22 heavy (non-hydrogen) atoms. The number of fused-ring (bicyclic) bond motifs is 1. The highest BCUT2D eigenvalue weighted by atomic mass is 79.9. The van der Waals surface area contributed by atoms with Gasteiger partial charge in [-0.2, -0.15) is 0 Å². The van der Waals surface area contributed by atoms with Crippen LogP contribution in [0.2, 0.25) is 0 Å². The van der Waals surface area contributed by atoms with E-state index in [4.69, 9.17) is 0 Å². The lowest BCUT2D eigenvalue weighted by Crippen LogP contribution is -2.22. The Bertz CT molecular complexity index is 819. The summed E-state index contributed by atoms with van der Waals surface area (Å²) in [7, 11) is 0. The van der Waals surface area contributed by atoms with Gasteiger partial charge in [-0.25, -0.2) is 4.39 Å². The molecule has 0 bridgehead atoms. The lowest BCUT2D eigenvalue weighted by Gasteiger charge is -2.19. The van der Waals surface area contributed by atoms with Crippen LogP contribution in [0.3, 0.4) is 0 Å². The van der Waals surface area contributed by atoms with Gasteiger partial charge in [0.05, 0.1) is 0 Å². The van der Waals surface area contributed by atoms with Crippen LogP contribution in [0.25, 0.3) is 0 Å². The number of hydrogen-bond donors (Lipinski definition) is 0. The summed E-state index contributed by atoms with van der Waals surface area (Å²) in [5.74, 6) is -0.987. The zero-order chi connectivity index (χ0) is 15.9. The fourth-order valence-corrected chi connectivity index (χ4v) is 2.86. The molecule has 0 aliphatic heterocycles. The molecule has 3 rings (SSSR count). The van der Waals surface area contributed by atoms with Crippen molar-refractivity contribution in [1.29, 1.82) is 0 Å². The molecule has 1 aliphatic rings. The summed E-state index contributed by atoms with van der Waals surface area (Å²) in [6, 6.07) is 11.3. The third-order valence-electron chi connectivity index (χ3n) is 3.83. The molecular weight excluding hydrogens is 347 g/mol. The highest BCUT2D eigenvalue weighted by molar-refractivity contribution is 9.10. The molecule has 0 amide bonds. The maximum absolute atomic E-state index is 13.4. The van der Waals surface area contributed by atoms with E-state index in [0.717, 1.165) is 16.1 Å². The molecule has 0 spiro atoms. The van der Waals surface area contributed by atoms with Gasteiger partial charge in [-0.3, -0.25) is 9.59 Å². The van der Waals surface area contributed by atoms with E-state index < -0.39 is 5.82 Å². The molecule has 0 fully saturated rings. The summed E-state index contributed by atoms with van der Waals surface area (Å²) in [6.45, 7) is 1.65. The van der Waals surface area contributed by atoms with Crippen LogP contribution in [0.15, 0.2) is 58.1 Å². The van der Waals surface area contributed by atoms with Gasteiger partial charge in [-0.1, -0.05) is 28.1 Å². The lowest BCUT2D eigenvalue weighted by molar-refractivity contribution is 0.0972. The number of Topliss-reactive ketones (excluding diaryl/α,β-unsaturated/α-hetero) is 2. The van der Waals surface area contributed by atoms with E-state index in [1.165, 1.54) is 12.1 Å². The zero-order valence-electron chi connectivity index (χ0n) is 11.8. The molecule has 2 nitrogen and oxygen atoms in total. The normalized spacial score (nSPS) is 14.3. The van der Waals surface area contributed by atoms with E-state index >= 15 is 0 Å². The van der Waals surface area contributed by atoms with Gasteiger partial charge in [-0.05, 0) is 42.8 Å². The van der Waals surface area contributed by atoms with Gasteiger partial charge in [0.25, 0.3) is 0 Å². The quantitative estimate of drug-likeness (QED) is 0.790. The molecule has 0 saturated carbocycles. The minimum Gasteiger partial charge on any atom is -0.289 e. The van der Waals surface area contributed by atoms with Crippen LogP contribution in [0.5, 0.6) is 0 Å². The Morgan fingerprint density at radius 1 is 0.955 bits per heavy atom. The van der Waals surface area contributed by atoms with E-state index in [2.05, 4.69) is 15.9 Å². The summed E-state index contributed by atoms with van der Waals surface area (Å²) in [5, 5.41) is 0. The molecule has 0 aromatic heterocycles. The number of carbonyl (C=O) groups is 2. The molecule has 0 heterocycles. The molecule has 0 atom stereocenters. The van der Waals surface area contributed by atoms with Gasteiger partial charge in [0.2, 0.25) is 0 Å². The van der Waals surface area contributed by atoms with E-state index in [9.17, 15) is 14.0 Å². The van der Waals surface area contributed by atoms with Crippen LogP contribution in [-0.2, 0) is 6.42 Å². The smallest absolute Gasteiger partial charge is 0.190 e. The first kappa shape index (κ1) is 14.9. The van der Waals surface area contributed by atoms with Crippen molar-refractivity contribution in [1.82, 2.24) is 0 Å². The van der Waals surface area contributed by atoms with E-state index in [1.54, 1.807) is 6.92 Å². The first-order valence-electron chi connectivity index (χ1n) is 6.80. The maximum atomic E-state index is 13.4. The van der Waals surface area contributed by atoms with Gasteiger partial charge >= 0.3 is 0 Å². The van der Waals surface area contributed by atoms with Crippen LogP contribution in [-0.4, -0.2) is 11.6 Å². The van der Waals surface area contributed by atoms with Crippen molar-refractivity contribution in [3.05, 3.63) is 80.6 Å². The average Bonchev–Trinajstić information content (AvgIpc) is 2.51. The Hall–Kier alpha value is -2.07. The van der Waals surface area contributed by atoms with Crippen molar-refractivity contribution in [2.75, 3.05) is 0 Å². The third kappa shape index (κ3) is 2.55. The number of carbonyl (C=O) groups excluding carboxylic acids is 2. The second kappa shape index (κ2) is 5.61. The Kier molecular flexibility index (Phi) is 3.79. The van der Waals surface area contributed by atoms with Crippen LogP contribution >= 0.6 is 15.9 Å². The molecule has 2 aromatic carbocycles. The maximum Gasteiger partial charge on any atom is 0.190 e. The topological polar surface area (TPSA) is 34.1 Å². The Balaban J connectivity index is 2.04. The highest BCUT2D eigenvalue weighted by Crippen LogP contribution is 2.29. The van der Waals surface area contributed by atoms with E-state index in [1.807, 2.05) is 24.3 Å². The monoisotopic (exact) mass is 358 g/mol. The first-order valence-corrected chi connectivity index (χ1v) is 7.60. The van der Waals surface area contributed by atoms with Gasteiger partial charge < -0.3 is 0 Å². The number of ketones is 2. The SMILES string of the molecule is CC1=C(Cc2ccc(Br)cc2)C(=O)c2cc(F)ccc2C1=O. The molecule has 110 valence electrons. The van der Waals surface area contributed by atoms with E-state index in [-0.39, 0.29) is 22.7 Å². The second-order valence-corrected chi connectivity index (χ2v) is 6.17. The van der Waals surface area contributed by atoms with Gasteiger partial charge in [0, 0.05) is 33.2 Å². The minimum absolute atomic E-state index is 0.155. The largest absolute Gasteiger partial charge is 0.289 e. The molecule has 0 radical (unpaired) electrons. The first-order chi connectivity index (χ1) is 10.5. The molecule has 0 N–H and O–H groups in total. The van der Waals surface area contributed by atoms with Crippen molar-refractivity contribution in [3.63, 3.8) is 0 Å². The average molecular weight is 359 g/mol. The predicted molar refractivity (Wildman–Crippen MR) is 85.6 cm³/mol. The number of rotatable bonds is 2. The summed E-state index contributed by atoms with van der Waals surface area (Å²) in [5.41, 5.74) is 2.24. The number of benzene rings is 2. The molecule has 1 aliphatic carbocycles. The van der Waals surface area contributed by atoms with Crippen LogP contribution < -0.4 is 0 Å². The summed E-state index contributed by atoms with van der Waals surface area (Å²) in [6.07, 6.45) is 0.361. The van der Waals surface area contributed by atoms with Crippen molar-refractivity contribution in [2.24, 2.45) is 0 Å². The number of halogens is 2. The Morgan fingerprint density at radius 2 is 1.64 bits per heavy atom. The Labute approximate surface area is 135 Å². The van der Waals surface area contributed by atoms with Gasteiger partial charge in [0.1, 0.15) is 5.82 Å². The van der Waals surface area contributed by atoms with Gasteiger partial charge in [0.15, 0.2) is 11.6 Å². The van der Waals surface area contributed by atoms with Crippen molar-refractivity contribution in [3.8, 4) is 0 Å². The fraction of sp³-hybridized carbons (Fsp3) is 0.111. The Morgan fingerprint density at radius 3 is 2.32 bits per heavy atom. The van der Waals surface area contributed by atoms with Crippen molar-refractivity contribution < 1.29 is 14.0 Å². The predicted octanol–water partition coefficient (Wildman–Crippen LogP) is 4.53. The molecule has 0 unspecified atom stereocenters. The van der Waals surface area contributed by atoms with E-state index in [0.29, 0.717) is 17.6 Å². The van der Waals surface area contributed by atoms with Crippen LogP contribution in [0.1, 0.15) is 33.2 Å². The third-order valence-corrected chi connectivity index (χ3v) is 4.36. The number of allylic oxidation sites excluding steroid dienone is 2. The fourth-order valence-electron chi connectivity index (χ4n) is 2.59. The molecule has 0 saturated heterocycles. The van der Waals surface area contributed by atoms with Crippen LogP contribution in [0, 0.1) is 5.82 Å². The summed E-state index contributed by atoms with van der Waals surface area (Å²) in [4.78, 5) is 25.0. The lowest BCUT2D eigenvalue weighted by atomic mass is 9.82. The van der Waals surface area contributed by atoms with Crippen LogP contribution in [0.4, 0.5) is 4.39 Å².